The summed E-state index contributed by atoms with van der Waals surface area (Å²) in [5, 5.41) is 6.08. The molecule has 0 unspecified atom stereocenters. The highest BCUT2D eigenvalue weighted by Crippen LogP contribution is 2.31. The van der Waals surface area contributed by atoms with Crippen LogP contribution in [0.3, 0.4) is 0 Å². The zero-order valence-electron chi connectivity index (χ0n) is 13.9. The van der Waals surface area contributed by atoms with E-state index in [4.69, 9.17) is 11.6 Å². The number of anilines is 1. The number of nitrogens with one attached hydrogen (secondary N) is 2. The Morgan fingerprint density at radius 1 is 1.43 bits per heavy atom. The number of carbonyl (C=O) groups excluding carboxylic acids is 2. The topological polar surface area (TPSA) is 74.3 Å². The summed E-state index contributed by atoms with van der Waals surface area (Å²) in [5.41, 5.74) is 0.393. The fraction of sp³-hybridized carbons (Fsp3) is 0.667. The maximum atomic E-state index is 12.5. The zero-order valence-corrected chi connectivity index (χ0v) is 15.5. The molecule has 6 nitrogen and oxygen atoms in total. The van der Waals surface area contributed by atoms with Crippen LogP contribution in [0.15, 0.2) is 0 Å². The highest BCUT2D eigenvalue weighted by atomic mass is 35.5. The molecule has 0 saturated carbocycles. The zero-order chi connectivity index (χ0) is 17.2. The predicted molar refractivity (Wildman–Crippen MR) is 93.0 cm³/mol. The summed E-state index contributed by atoms with van der Waals surface area (Å²) in [7, 11) is 0. The lowest BCUT2D eigenvalue weighted by Gasteiger charge is -2.32. The van der Waals surface area contributed by atoms with Crippen molar-refractivity contribution in [1.82, 2.24) is 15.2 Å². The minimum Gasteiger partial charge on any atom is -0.337 e. The number of alkyl halides is 1. The van der Waals surface area contributed by atoms with Gasteiger partial charge in [0, 0.05) is 29.8 Å². The van der Waals surface area contributed by atoms with E-state index in [0.29, 0.717) is 30.5 Å². The van der Waals surface area contributed by atoms with Gasteiger partial charge in [0.1, 0.15) is 0 Å². The van der Waals surface area contributed by atoms with Gasteiger partial charge in [0.2, 0.25) is 5.91 Å². The van der Waals surface area contributed by atoms with Crippen molar-refractivity contribution in [3.05, 3.63) is 10.6 Å². The van der Waals surface area contributed by atoms with E-state index in [2.05, 4.69) is 15.6 Å². The molecule has 1 aromatic heterocycles. The van der Waals surface area contributed by atoms with Crippen LogP contribution in [0.4, 0.5) is 9.93 Å². The van der Waals surface area contributed by atoms with Crippen LogP contribution < -0.4 is 10.6 Å². The molecule has 1 aliphatic rings. The first-order valence-electron chi connectivity index (χ1n) is 7.64. The molecule has 0 aliphatic carbocycles. The summed E-state index contributed by atoms with van der Waals surface area (Å²) >= 11 is 7.32. The number of nitrogens with zero attached hydrogens (tertiary/aromatic N) is 2. The van der Waals surface area contributed by atoms with Gasteiger partial charge in [-0.05, 0) is 27.7 Å². The Hall–Kier alpha value is -1.34. The van der Waals surface area contributed by atoms with Gasteiger partial charge in [-0.2, -0.15) is 0 Å². The molecule has 23 heavy (non-hydrogen) atoms. The lowest BCUT2D eigenvalue weighted by Crippen LogP contribution is -2.44. The van der Waals surface area contributed by atoms with E-state index in [9.17, 15) is 9.59 Å². The number of urea groups is 1. The van der Waals surface area contributed by atoms with E-state index in [1.807, 2.05) is 32.6 Å². The molecule has 2 rings (SSSR count). The predicted octanol–water partition coefficient (Wildman–Crippen LogP) is 2.82. The first kappa shape index (κ1) is 18.0. The third-order valence-corrected chi connectivity index (χ3v) is 5.24. The van der Waals surface area contributed by atoms with Gasteiger partial charge in [0.25, 0.3) is 0 Å². The van der Waals surface area contributed by atoms with Gasteiger partial charge in [0.05, 0.1) is 17.7 Å². The van der Waals surface area contributed by atoms with Crippen molar-refractivity contribution in [3.63, 3.8) is 0 Å². The van der Waals surface area contributed by atoms with Crippen LogP contribution in [-0.2, 0) is 17.8 Å². The second-order valence-corrected chi connectivity index (χ2v) is 7.99. The molecular formula is C15H23ClN4O2S. The van der Waals surface area contributed by atoms with Gasteiger partial charge in [-0.1, -0.05) is 11.3 Å². The SMILES string of the molecule is CC(C)NC(=O)Nc1nc2c(s1)CN(C(=O)C(C)(C)CCl)CC2. The van der Waals surface area contributed by atoms with E-state index in [-0.39, 0.29) is 18.0 Å². The Bertz CT molecular complexity index is 600. The first-order valence-corrected chi connectivity index (χ1v) is 8.99. The quantitative estimate of drug-likeness (QED) is 0.813. The Labute approximate surface area is 145 Å². The molecule has 0 atom stereocenters. The smallest absolute Gasteiger partial charge is 0.321 e. The Kier molecular flexibility index (Phi) is 5.52. The summed E-state index contributed by atoms with van der Waals surface area (Å²) in [4.78, 5) is 31.6. The molecule has 0 spiro atoms. The number of thiazole rings is 1. The minimum absolute atomic E-state index is 0.0543. The summed E-state index contributed by atoms with van der Waals surface area (Å²) in [6, 6.07) is -0.196. The summed E-state index contributed by atoms with van der Waals surface area (Å²) in [5.74, 6) is 0.346. The van der Waals surface area contributed by atoms with Gasteiger partial charge in [0.15, 0.2) is 5.13 Å². The fourth-order valence-electron chi connectivity index (χ4n) is 2.30. The van der Waals surface area contributed by atoms with E-state index in [0.717, 1.165) is 10.6 Å². The Morgan fingerprint density at radius 2 is 2.13 bits per heavy atom. The molecule has 0 aromatic carbocycles. The van der Waals surface area contributed by atoms with Crippen LogP contribution in [0.2, 0.25) is 0 Å². The summed E-state index contributed by atoms with van der Waals surface area (Å²) in [6.07, 6.45) is 0.698. The largest absolute Gasteiger partial charge is 0.337 e. The van der Waals surface area contributed by atoms with Crippen molar-refractivity contribution in [2.45, 2.75) is 46.7 Å². The molecule has 1 aromatic rings. The van der Waals surface area contributed by atoms with Crippen molar-refractivity contribution >= 4 is 40.0 Å². The number of aromatic nitrogens is 1. The molecule has 0 bridgehead atoms. The third-order valence-electron chi connectivity index (χ3n) is 3.57. The van der Waals surface area contributed by atoms with Gasteiger partial charge in [-0.3, -0.25) is 10.1 Å². The number of carbonyl (C=O) groups is 2. The highest BCUT2D eigenvalue weighted by Gasteiger charge is 2.34. The molecule has 2 N–H and O–H groups in total. The molecule has 1 aliphatic heterocycles. The van der Waals surface area contributed by atoms with Crippen LogP contribution in [0.5, 0.6) is 0 Å². The number of hydrogen-bond acceptors (Lipinski definition) is 4. The normalized spacial score (nSPS) is 14.6. The number of hydrogen-bond donors (Lipinski definition) is 2. The van der Waals surface area contributed by atoms with E-state index in [1.54, 1.807) is 0 Å². The van der Waals surface area contributed by atoms with Gasteiger partial charge in [-0.15, -0.1) is 11.6 Å². The average Bonchev–Trinajstić information content (AvgIpc) is 2.86. The van der Waals surface area contributed by atoms with Crippen molar-refractivity contribution < 1.29 is 9.59 Å². The first-order chi connectivity index (χ1) is 10.7. The van der Waals surface area contributed by atoms with Crippen LogP contribution in [0, 0.1) is 5.41 Å². The lowest BCUT2D eigenvalue weighted by molar-refractivity contribution is -0.140. The molecule has 2 heterocycles. The number of rotatable bonds is 4. The molecule has 0 radical (unpaired) electrons. The van der Waals surface area contributed by atoms with Crippen LogP contribution in [0.1, 0.15) is 38.3 Å². The molecular weight excluding hydrogens is 336 g/mol. The molecule has 128 valence electrons. The third kappa shape index (κ3) is 4.35. The van der Waals surface area contributed by atoms with Crippen molar-refractivity contribution in [2.24, 2.45) is 5.41 Å². The van der Waals surface area contributed by atoms with Crippen molar-refractivity contribution in [2.75, 3.05) is 17.7 Å². The summed E-state index contributed by atoms with van der Waals surface area (Å²) in [6.45, 7) is 8.66. The van der Waals surface area contributed by atoms with Gasteiger partial charge < -0.3 is 10.2 Å². The maximum absolute atomic E-state index is 12.5. The Balaban J connectivity index is 2.05. The summed E-state index contributed by atoms with van der Waals surface area (Å²) < 4.78 is 0. The lowest BCUT2D eigenvalue weighted by atomic mass is 9.93. The number of amides is 3. The van der Waals surface area contributed by atoms with Crippen LogP contribution >= 0.6 is 22.9 Å². The molecule has 0 saturated heterocycles. The van der Waals surface area contributed by atoms with Crippen LogP contribution in [0.25, 0.3) is 0 Å². The van der Waals surface area contributed by atoms with Crippen LogP contribution in [-0.4, -0.2) is 40.3 Å². The van der Waals surface area contributed by atoms with E-state index >= 15 is 0 Å². The van der Waals surface area contributed by atoms with Crippen molar-refractivity contribution in [1.29, 1.82) is 0 Å². The second kappa shape index (κ2) is 7.05. The molecule has 8 heteroatoms. The van der Waals surface area contributed by atoms with E-state index < -0.39 is 5.41 Å². The molecule has 3 amide bonds. The minimum atomic E-state index is -0.567. The number of fused-ring (bicyclic) bond motifs is 1. The standard InChI is InChI=1S/C15H23ClN4O2S/c1-9(2)17-13(22)19-14-18-10-5-6-20(7-11(10)23-14)12(21)15(3,4)8-16/h9H,5-8H2,1-4H3,(H2,17,18,19,22). The van der Waals surface area contributed by atoms with Gasteiger partial charge >= 0.3 is 6.03 Å². The Morgan fingerprint density at radius 3 is 2.74 bits per heavy atom. The number of halogens is 1. The van der Waals surface area contributed by atoms with Gasteiger partial charge in [-0.25, -0.2) is 9.78 Å². The average molecular weight is 359 g/mol. The second-order valence-electron chi connectivity index (χ2n) is 6.64. The maximum Gasteiger partial charge on any atom is 0.321 e. The highest BCUT2D eigenvalue weighted by molar-refractivity contribution is 7.15. The van der Waals surface area contributed by atoms with Crippen molar-refractivity contribution in [3.8, 4) is 0 Å². The monoisotopic (exact) mass is 358 g/mol. The fourth-order valence-corrected chi connectivity index (χ4v) is 3.44. The molecule has 0 fully saturated rings. The van der Waals surface area contributed by atoms with E-state index in [1.165, 1.54) is 11.3 Å².